The van der Waals surface area contributed by atoms with Gasteiger partial charge in [0.1, 0.15) is 0 Å². The molecule has 1 aromatic rings. The van der Waals surface area contributed by atoms with Crippen LogP contribution in [0.1, 0.15) is 100 Å². The standard InChI is InChI=1S/C25H38F5NO2/c1-33-23(32)21-13-15-22(16-14-21)31-20-12-7-5-3-2-4-6-9-17-24(26,27)18-10-8-11-19-25(28,29)30/h13-16,31H,2-12,17-20H2,1H3. The lowest BCUT2D eigenvalue weighted by Crippen LogP contribution is -2.15. The van der Waals surface area contributed by atoms with Crippen LogP contribution in [-0.4, -0.2) is 31.7 Å². The maximum Gasteiger partial charge on any atom is 0.389 e. The van der Waals surface area contributed by atoms with Crippen molar-refractivity contribution in [2.45, 2.75) is 102 Å². The van der Waals surface area contributed by atoms with Crippen molar-refractivity contribution >= 4 is 11.7 Å². The number of benzene rings is 1. The van der Waals surface area contributed by atoms with E-state index < -0.39 is 18.5 Å². The Kier molecular flexibility index (Phi) is 14.0. The van der Waals surface area contributed by atoms with Crippen molar-refractivity contribution in [3.05, 3.63) is 29.8 Å². The SMILES string of the molecule is COC(=O)c1ccc(NCCCCCCCCCCC(F)(F)CCCCCC(F)(F)F)cc1. The van der Waals surface area contributed by atoms with Crippen LogP contribution in [0.15, 0.2) is 24.3 Å². The zero-order chi connectivity index (χ0) is 24.6. The Hall–Kier alpha value is -1.86. The van der Waals surface area contributed by atoms with Crippen molar-refractivity contribution in [3.63, 3.8) is 0 Å². The highest BCUT2D eigenvalue weighted by Gasteiger charge is 2.28. The molecule has 0 aliphatic carbocycles. The molecular weight excluding hydrogens is 441 g/mol. The molecule has 0 aromatic heterocycles. The molecule has 190 valence electrons. The number of carbonyl (C=O) groups excluding carboxylic acids is 1. The molecule has 0 unspecified atom stereocenters. The van der Waals surface area contributed by atoms with Crippen LogP contribution in [0.5, 0.6) is 0 Å². The Bertz CT molecular complexity index is 647. The fourth-order valence-corrected chi connectivity index (χ4v) is 3.65. The summed E-state index contributed by atoms with van der Waals surface area (Å²) in [5.74, 6) is -3.11. The fourth-order valence-electron chi connectivity index (χ4n) is 3.65. The summed E-state index contributed by atoms with van der Waals surface area (Å²) in [6.07, 6.45) is 2.25. The van der Waals surface area contributed by atoms with E-state index in [0.717, 1.165) is 57.2 Å². The number of hydrogen-bond donors (Lipinski definition) is 1. The molecule has 0 fully saturated rings. The molecule has 0 bridgehead atoms. The number of nitrogens with one attached hydrogen (secondary N) is 1. The number of carbonyl (C=O) groups is 1. The molecule has 0 saturated heterocycles. The van der Waals surface area contributed by atoms with Crippen molar-refractivity contribution in [2.75, 3.05) is 19.0 Å². The van der Waals surface area contributed by atoms with E-state index in [-0.39, 0.29) is 38.1 Å². The molecule has 3 nitrogen and oxygen atoms in total. The summed E-state index contributed by atoms with van der Waals surface area (Å²) in [6.45, 7) is 0.850. The average molecular weight is 480 g/mol. The minimum Gasteiger partial charge on any atom is -0.465 e. The molecule has 33 heavy (non-hydrogen) atoms. The highest BCUT2D eigenvalue weighted by atomic mass is 19.4. The quantitative estimate of drug-likeness (QED) is 0.130. The lowest BCUT2D eigenvalue weighted by atomic mass is 10.0. The second-order valence-electron chi connectivity index (χ2n) is 8.61. The van der Waals surface area contributed by atoms with Gasteiger partial charge in [0, 0.05) is 31.5 Å². The summed E-state index contributed by atoms with van der Waals surface area (Å²) < 4.78 is 68.3. The second-order valence-corrected chi connectivity index (χ2v) is 8.61. The third-order valence-electron chi connectivity index (χ3n) is 5.61. The van der Waals surface area contributed by atoms with E-state index in [1.54, 1.807) is 12.1 Å². The van der Waals surface area contributed by atoms with Crippen LogP contribution in [0.25, 0.3) is 0 Å². The summed E-state index contributed by atoms with van der Waals surface area (Å²) >= 11 is 0. The van der Waals surface area contributed by atoms with Crippen LogP contribution in [0.4, 0.5) is 27.6 Å². The number of rotatable bonds is 18. The lowest BCUT2D eigenvalue weighted by molar-refractivity contribution is -0.135. The van der Waals surface area contributed by atoms with Crippen molar-refractivity contribution in [2.24, 2.45) is 0 Å². The van der Waals surface area contributed by atoms with Gasteiger partial charge in [-0.2, -0.15) is 13.2 Å². The average Bonchev–Trinajstić information content (AvgIpc) is 2.76. The molecule has 0 atom stereocenters. The maximum absolute atomic E-state index is 13.8. The molecule has 0 spiro atoms. The van der Waals surface area contributed by atoms with Crippen molar-refractivity contribution in [1.29, 1.82) is 0 Å². The first-order valence-corrected chi connectivity index (χ1v) is 12.0. The van der Waals surface area contributed by atoms with Gasteiger partial charge in [-0.05, 0) is 49.9 Å². The molecule has 0 aliphatic rings. The predicted molar refractivity (Wildman–Crippen MR) is 122 cm³/mol. The molecule has 0 saturated carbocycles. The molecule has 0 heterocycles. The topological polar surface area (TPSA) is 38.3 Å². The predicted octanol–water partition coefficient (Wildman–Crippen LogP) is 8.54. The van der Waals surface area contributed by atoms with Crippen molar-refractivity contribution in [3.8, 4) is 0 Å². The smallest absolute Gasteiger partial charge is 0.389 e. The minimum atomic E-state index is -4.19. The van der Waals surface area contributed by atoms with Gasteiger partial charge in [-0.25, -0.2) is 13.6 Å². The van der Waals surface area contributed by atoms with Gasteiger partial charge in [0.15, 0.2) is 0 Å². The van der Waals surface area contributed by atoms with Gasteiger partial charge in [-0.1, -0.05) is 44.9 Å². The van der Waals surface area contributed by atoms with Gasteiger partial charge < -0.3 is 10.1 Å². The first kappa shape index (κ1) is 29.2. The number of methoxy groups -OCH3 is 1. The van der Waals surface area contributed by atoms with E-state index in [0.29, 0.717) is 12.0 Å². The van der Waals surface area contributed by atoms with Crippen LogP contribution in [-0.2, 0) is 4.74 Å². The molecule has 1 N–H and O–H groups in total. The van der Waals surface area contributed by atoms with Gasteiger partial charge >= 0.3 is 12.1 Å². The molecule has 1 rings (SSSR count). The Morgan fingerprint density at radius 3 is 1.70 bits per heavy atom. The Balaban J connectivity index is 1.93. The van der Waals surface area contributed by atoms with Gasteiger partial charge in [0.05, 0.1) is 12.7 Å². The maximum atomic E-state index is 13.8. The summed E-state index contributed by atoms with van der Waals surface area (Å²) in [5, 5.41) is 3.32. The number of hydrogen-bond acceptors (Lipinski definition) is 3. The molecule has 8 heteroatoms. The van der Waals surface area contributed by atoms with E-state index in [4.69, 9.17) is 0 Å². The van der Waals surface area contributed by atoms with Crippen LogP contribution in [0.2, 0.25) is 0 Å². The number of esters is 1. The van der Waals surface area contributed by atoms with Gasteiger partial charge in [0.25, 0.3) is 0 Å². The zero-order valence-electron chi connectivity index (χ0n) is 19.6. The number of anilines is 1. The first-order chi connectivity index (χ1) is 15.6. The monoisotopic (exact) mass is 479 g/mol. The zero-order valence-corrected chi connectivity index (χ0v) is 19.6. The normalized spacial score (nSPS) is 12.1. The Labute approximate surface area is 194 Å². The number of halogens is 5. The Morgan fingerprint density at radius 2 is 1.18 bits per heavy atom. The summed E-state index contributed by atoms with van der Waals surface area (Å²) in [6, 6.07) is 7.15. The molecule has 0 amide bonds. The number of unbranched alkanes of at least 4 members (excludes halogenated alkanes) is 9. The van der Waals surface area contributed by atoms with Gasteiger partial charge in [-0.15, -0.1) is 0 Å². The van der Waals surface area contributed by atoms with E-state index >= 15 is 0 Å². The number of alkyl halides is 5. The Morgan fingerprint density at radius 1 is 0.727 bits per heavy atom. The second kappa shape index (κ2) is 15.9. The van der Waals surface area contributed by atoms with Gasteiger partial charge in [0.2, 0.25) is 5.92 Å². The van der Waals surface area contributed by atoms with E-state index in [1.807, 2.05) is 12.1 Å². The lowest BCUT2D eigenvalue weighted by Gasteiger charge is -2.16. The minimum absolute atomic E-state index is 0.0697. The summed E-state index contributed by atoms with van der Waals surface area (Å²) in [4.78, 5) is 11.4. The largest absolute Gasteiger partial charge is 0.465 e. The first-order valence-electron chi connectivity index (χ1n) is 12.0. The van der Waals surface area contributed by atoms with Crippen LogP contribution in [0, 0.1) is 0 Å². The highest BCUT2D eigenvalue weighted by Crippen LogP contribution is 2.29. The van der Waals surface area contributed by atoms with Crippen LogP contribution >= 0.6 is 0 Å². The summed E-state index contributed by atoms with van der Waals surface area (Å²) in [5.41, 5.74) is 1.48. The fraction of sp³-hybridized carbons (Fsp3) is 0.720. The van der Waals surface area contributed by atoms with Crippen molar-refractivity contribution < 1.29 is 31.5 Å². The van der Waals surface area contributed by atoms with Crippen LogP contribution in [0.3, 0.4) is 0 Å². The third kappa shape index (κ3) is 15.6. The number of ether oxygens (including phenoxy) is 1. The summed E-state index contributed by atoms with van der Waals surface area (Å²) in [7, 11) is 1.35. The molecule has 1 aromatic carbocycles. The van der Waals surface area contributed by atoms with Crippen LogP contribution < -0.4 is 5.32 Å². The highest BCUT2D eigenvalue weighted by molar-refractivity contribution is 5.89. The van der Waals surface area contributed by atoms with Crippen molar-refractivity contribution in [1.82, 2.24) is 0 Å². The van der Waals surface area contributed by atoms with E-state index in [2.05, 4.69) is 10.1 Å². The van der Waals surface area contributed by atoms with E-state index in [1.165, 1.54) is 7.11 Å². The van der Waals surface area contributed by atoms with E-state index in [9.17, 15) is 26.7 Å². The third-order valence-corrected chi connectivity index (χ3v) is 5.61. The van der Waals surface area contributed by atoms with Gasteiger partial charge in [-0.3, -0.25) is 0 Å². The molecule has 0 aliphatic heterocycles. The molecule has 0 radical (unpaired) electrons. The molecular formula is C25H38F5NO2.